The van der Waals surface area contributed by atoms with Crippen molar-refractivity contribution in [2.75, 3.05) is 13.2 Å². The third-order valence-corrected chi connectivity index (χ3v) is 3.04. The molecule has 0 amide bonds. The summed E-state index contributed by atoms with van der Waals surface area (Å²) in [5.74, 6) is 0.807. The highest BCUT2D eigenvalue weighted by Gasteiger charge is 2.21. The lowest BCUT2D eigenvalue weighted by Gasteiger charge is -2.18. The Kier molecular flexibility index (Phi) is 5.40. The van der Waals surface area contributed by atoms with Crippen molar-refractivity contribution in [3.8, 4) is 0 Å². The number of hydrogen-bond donors (Lipinski definition) is 1. The van der Waals surface area contributed by atoms with E-state index >= 15 is 0 Å². The van der Waals surface area contributed by atoms with Gasteiger partial charge < -0.3 is 10.5 Å². The van der Waals surface area contributed by atoms with E-state index in [1.165, 1.54) is 25.7 Å². The molecule has 0 spiro atoms. The topological polar surface area (TPSA) is 35.2 Å². The van der Waals surface area contributed by atoms with Crippen molar-refractivity contribution in [1.82, 2.24) is 0 Å². The fraction of sp³-hybridized carbons (Fsp3) is 1.00. The summed E-state index contributed by atoms with van der Waals surface area (Å²) in [6.07, 6.45) is 7.77. The van der Waals surface area contributed by atoms with Crippen LogP contribution in [-0.4, -0.2) is 19.3 Å². The first kappa shape index (κ1) is 11.0. The summed E-state index contributed by atoms with van der Waals surface area (Å²) in [6, 6.07) is 0.433. The number of ether oxygens (including phenoxy) is 1. The van der Waals surface area contributed by atoms with Gasteiger partial charge in [0.15, 0.2) is 0 Å². The standard InChI is InChI=1S/C11H23NO/c1-2-13-9-5-8-11(12)10-6-3-4-7-10/h10-11H,2-9,12H2,1H3. The molecule has 0 aliphatic heterocycles. The summed E-state index contributed by atoms with van der Waals surface area (Å²) in [6.45, 7) is 3.76. The van der Waals surface area contributed by atoms with Gasteiger partial charge in [-0.15, -0.1) is 0 Å². The van der Waals surface area contributed by atoms with Gasteiger partial charge >= 0.3 is 0 Å². The minimum absolute atomic E-state index is 0.433. The Morgan fingerprint density at radius 3 is 2.69 bits per heavy atom. The molecule has 1 rings (SSSR count). The molecule has 1 aliphatic carbocycles. The van der Waals surface area contributed by atoms with Gasteiger partial charge in [-0.25, -0.2) is 0 Å². The minimum Gasteiger partial charge on any atom is -0.382 e. The second-order valence-corrected chi connectivity index (χ2v) is 4.05. The Hall–Kier alpha value is -0.0800. The Balaban J connectivity index is 1.99. The molecule has 0 aromatic carbocycles. The maximum absolute atomic E-state index is 6.11. The van der Waals surface area contributed by atoms with Gasteiger partial charge in [-0.3, -0.25) is 0 Å². The summed E-state index contributed by atoms with van der Waals surface area (Å²) >= 11 is 0. The average Bonchev–Trinajstić information content (AvgIpc) is 2.65. The molecule has 0 bridgehead atoms. The zero-order valence-corrected chi connectivity index (χ0v) is 8.80. The van der Waals surface area contributed by atoms with E-state index in [-0.39, 0.29) is 0 Å². The van der Waals surface area contributed by atoms with Gasteiger partial charge in [0.25, 0.3) is 0 Å². The van der Waals surface area contributed by atoms with Crippen LogP contribution in [0.4, 0.5) is 0 Å². The van der Waals surface area contributed by atoms with Crippen LogP contribution in [0.3, 0.4) is 0 Å². The van der Waals surface area contributed by atoms with Crippen LogP contribution in [0.15, 0.2) is 0 Å². The van der Waals surface area contributed by atoms with E-state index in [0.29, 0.717) is 6.04 Å². The van der Waals surface area contributed by atoms with Crippen LogP contribution in [0, 0.1) is 5.92 Å². The van der Waals surface area contributed by atoms with Crippen molar-refractivity contribution < 1.29 is 4.74 Å². The van der Waals surface area contributed by atoms with E-state index in [1.807, 2.05) is 6.92 Å². The van der Waals surface area contributed by atoms with Gasteiger partial charge in [0.1, 0.15) is 0 Å². The van der Waals surface area contributed by atoms with Crippen molar-refractivity contribution in [2.45, 2.75) is 51.5 Å². The first-order valence-corrected chi connectivity index (χ1v) is 5.68. The van der Waals surface area contributed by atoms with Gasteiger partial charge in [0.05, 0.1) is 0 Å². The Morgan fingerprint density at radius 1 is 1.38 bits per heavy atom. The minimum atomic E-state index is 0.433. The quantitative estimate of drug-likeness (QED) is 0.644. The predicted molar refractivity (Wildman–Crippen MR) is 55.7 cm³/mol. The highest BCUT2D eigenvalue weighted by atomic mass is 16.5. The summed E-state index contributed by atoms with van der Waals surface area (Å²) in [5, 5.41) is 0. The molecule has 0 radical (unpaired) electrons. The van der Waals surface area contributed by atoms with Gasteiger partial charge in [0.2, 0.25) is 0 Å². The lowest BCUT2D eigenvalue weighted by atomic mass is 9.95. The fourth-order valence-electron chi connectivity index (χ4n) is 2.19. The second-order valence-electron chi connectivity index (χ2n) is 4.05. The highest BCUT2D eigenvalue weighted by molar-refractivity contribution is 4.77. The van der Waals surface area contributed by atoms with Crippen LogP contribution in [0.1, 0.15) is 45.4 Å². The van der Waals surface area contributed by atoms with Crippen molar-refractivity contribution in [2.24, 2.45) is 11.7 Å². The SMILES string of the molecule is CCOCCCC(N)C1CCCC1. The zero-order valence-electron chi connectivity index (χ0n) is 8.80. The first-order chi connectivity index (χ1) is 6.34. The maximum Gasteiger partial charge on any atom is 0.0466 e. The van der Waals surface area contributed by atoms with Gasteiger partial charge in [0, 0.05) is 19.3 Å². The lowest BCUT2D eigenvalue weighted by Crippen LogP contribution is -2.28. The van der Waals surface area contributed by atoms with Gasteiger partial charge in [-0.05, 0) is 38.5 Å². The summed E-state index contributed by atoms with van der Waals surface area (Å²) in [7, 11) is 0. The molecule has 1 atom stereocenters. The molecule has 2 heteroatoms. The van der Waals surface area contributed by atoms with E-state index in [2.05, 4.69) is 0 Å². The average molecular weight is 185 g/mol. The van der Waals surface area contributed by atoms with Crippen molar-refractivity contribution in [3.05, 3.63) is 0 Å². The molecule has 0 aromatic heterocycles. The molecule has 78 valence electrons. The van der Waals surface area contributed by atoms with Crippen LogP contribution in [0.25, 0.3) is 0 Å². The Morgan fingerprint density at radius 2 is 2.08 bits per heavy atom. The molecule has 1 saturated carbocycles. The fourth-order valence-corrected chi connectivity index (χ4v) is 2.19. The molecule has 2 N–H and O–H groups in total. The van der Waals surface area contributed by atoms with E-state index in [4.69, 9.17) is 10.5 Å². The molecule has 13 heavy (non-hydrogen) atoms. The van der Waals surface area contributed by atoms with E-state index in [9.17, 15) is 0 Å². The molecule has 1 fully saturated rings. The molecular formula is C11H23NO. The third kappa shape index (κ3) is 4.10. The smallest absolute Gasteiger partial charge is 0.0466 e. The number of hydrogen-bond acceptors (Lipinski definition) is 2. The first-order valence-electron chi connectivity index (χ1n) is 5.68. The monoisotopic (exact) mass is 185 g/mol. The Bertz CT molecular complexity index is 121. The second kappa shape index (κ2) is 6.39. The van der Waals surface area contributed by atoms with E-state index < -0.39 is 0 Å². The van der Waals surface area contributed by atoms with Crippen molar-refractivity contribution in [3.63, 3.8) is 0 Å². The molecule has 1 unspecified atom stereocenters. The Labute approximate surface area is 81.8 Å². The molecule has 1 aliphatic rings. The third-order valence-electron chi connectivity index (χ3n) is 3.04. The number of rotatable bonds is 6. The van der Waals surface area contributed by atoms with Crippen molar-refractivity contribution in [1.29, 1.82) is 0 Å². The normalized spacial score (nSPS) is 20.8. The van der Waals surface area contributed by atoms with Crippen LogP contribution in [-0.2, 0) is 4.74 Å². The lowest BCUT2D eigenvalue weighted by molar-refractivity contribution is 0.140. The highest BCUT2D eigenvalue weighted by Crippen LogP contribution is 2.28. The summed E-state index contributed by atoms with van der Waals surface area (Å²) in [4.78, 5) is 0. The largest absolute Gasteiger partial charge is 0.382 e. The molecular weight excluding hydrogens is 162 g/mol. The van der Waals surface area contributed by atoms with Crippen molar-refractivity contribution >= 4 is 0 Å². The molecule has 0 heterocycles. The molecule has 2 nitrogen and oxygen atoms in total. The molecule has 0 saturated heterocycles. The van der Waals surface area contributed by atoms with E-state index in [1.54, 1.807) is 0 Å². The predicted octanol–water partition coefficient (Wildman–Crippen LogP) is 2.32. The summed E-state index contributed by atoms with van der Waals surface area (Å²) in [5.41, 5.74) is 6.11. The van der Waals surface area contributed by atoms with Crippen LogP contribution < -0.4 is 5.73 Å². The van der Waals surface area contributed by atoms with Crippen LogP contribution in [0.5, 0.6) is 0 Å². The number of nitrogens with two attached hydrogens (primary N) is 1. The van der Waals surface area contributed by atoms with Crippen LogP contribution >= 0.6 is 0 Å². The maximum atomic E-state index is 6.11. The van der Waals surface area contributed by atoms with Crippen LogP contribution in [0.2, 0.25) is 0 Å². The molecule has 0 aromatic rings. The zero-order chi connectivity index (χ0) is 9.52. The van der Waals surface area contributed by atoms with Gasteiger partial charge in [-0.2, -0.15) is 0 Å². The van der Waals surface area contributed by atoms with Gasteiger partial charge in [-0.1, -0.05) is 12.8 Å². The summed E-state index contributed by atoms with van der Waals surface area (Å²) < 4.78 is 5.29. The van der Waals surface area contributed by atoms with E-state index in [0.717, 1.165) is 32.0 Å².